The molecule has 4 aromatic rings. The van der Waals surface area contributed by atoms with Crippen LogP contribution in [0.25, 0.3) is 21.9 Å². The van der Waals surface area contributed by atoms with Gasteiger partial charge in [0.1, 0.15) is 0 Å². The number of aromatic amines is 1. The molecule has 0 amide bonds. The van der Waals surface area contributed by atoms with Crippen molar-refractivity contribution in [3.63, 3.8) is 0 Å². The summed E-state index contributed by atoms with van der Waals surface area (Å²) in [5.41, 5.74) is 4.02. The van der Waals surface area contributed by atoms with E-state index < -0.39 is 0 Å². The number of hydrogen-bond donors (Lipinski definition) is 2. The molecule has 0 atom stereocenters. The highest BCUT2D eigenvalue weighted by atomic mass is 16.2. The Kier molecular flexibility index (Phi) is 4.80. The first kappa shape index (κ1) is 18.0. The Morgan fingerprint density at radius 3 is 2.90 bits per heavy atom. The number of hydrogen-bond acceptors (Lipinski definition) is 3. The van der Waals surface area contributed by atoms with Gasteiger partial charge < -0.3 is 10.3 Å². The van der Waals surface area contributed by atoms with Crippen molar-refractivity contribution in [1.29, 1.82) is 0 Å². The maximum absolute atomic E-state index is 13.1. The molecule has 0 bridgehead atoms. The predicted octanol–water partition coefficient (Wildman–Crippen LogP) is 5.74. The lowest BCUT2D eigenvalue weighted by Gasteiger charge is -2.12. The van der Waals surface area contributed by atoms with Crippen LogP contribution >= 0.6 is 0 Å². The van der Waals surface area contributed by atoms with Gasteiger partial charge in [0.25, 0.3) is 0 Å². The molecule has 0 spiro atoms. The lowest BCUT2D eigenvalue weighted by molar-refractivity contribution is 0.0900. The van der Waals surface area contributed by atoms with Crippen LogP contribution in [-0.4, -0.2) is 20.4 Å². The topological polar surface area (TPSA) is 62.7 Å². The van der Waals surface area contributed by atoms with Crippen LogP contribution in [-0.2, 0) is 6.54 Å². The molecule has 1 saturated carbocycles. The van der Waals surface area contributed by atoms with Gasteiger partial charge in [-0.05, 0) is 53.6 Å². The van der Waals surface area contributed by atoms with Crippen molar-refractivity contribution in [2.24, 2.45) is 5.92 Å². The molecule has 2 heterocycles. The van der Waals surface area contributed by atoms with Crippen LogP contribution in [0.5, 0.6) is 0 Å². The maximum atomic E-state index is 13.1. The van der Waals surface area contributed by atoms with Gasteiger partial charge in [0.15, 0.2) is 0 Å². The molecule has 0 unspecified atom stereocenters. The van der Waals surface area contributed by atoms with Crippen molar-refractivity contribution >= 4 is 33.8 Å². The first-order valence-electron chi connectivity index (χ1n) is 10.6. The van der Waals surface area contributed by atoms with E-state index >= 15 is 0 Å². The zero-order valence-electron chi connectivity index (χ0n) is 16.5. The van der Waals surface area contributed by atoms with Gasteiger partial charge in [-0.2, -0.15) is 0 Å². The van der Waals surface area contributed by atoms with Gasteiger partial charge in [-0.3, -0.25) is 4.79 Å². The third-order valence-electron chi connectivity index (χ3n) is 6.12. The molecule has 1 fully saturated rings. The summed E-state index contributed by atoms with van der Waals surface area (Å²) in [5, 5.41) is 4.59. The summed E-state index contributed by atoms with van der Waals surface area (Å²) in [4.78, 5) is 21.1. The number of benzene rings is 2. The quantitative estimate of drug-likeness (QED) is 0.444. The highest BCUT2D eigenvalue weighted by Gasteiger charge is 2.20. The van der Waals surface area contributed by atoms with E-state index in [2.05, 4.69) is 34.6 Å². The molecular weight excluding hydrogens is 360 g/mol. The molecule has 1 aliphatic carbocycles. The minimum atomic E-state index is 0.134. The number of imidazole rings is 1. The fourth-order valence-corrected chi connectivity index (χ4v) is 4.53. The second-order valence-electron chi connectivity index (χ2n) is 8.10. The zero-order valence-corrected chi connectivity index (χ0v) is 16.5. The third-order valence-corrected chi connectivity index (χ3v) is 6.12. The number of H-pyrrole nitrogens is 1. The lowest BCUT2D eigenvalue weighted by atomic mass is 10.0. The van der Waals surface area contributed by atoms with Gasteiger partial charge in [0.2, 0.25) is 11.9 Å². The third kappa shape index (κ3) is 3.65. The van der Waals surface area contributed by atoms with E-state index in [-0.39, 0.29) is 5.91 Å². The van der Waals surface area contributed by atoms with Crippen molar-refractivity contribution in [2.45, 2.75) is 45.1 Å². The van der Waals surface area contributed by atoms with E-state index in [4.69, 9.17) is 4.98 Å². The molecule has 0 aliphatic heterocycles. The second-order valence-corrected chi connectivity index (χ2v) is 8.10. The lowest BCUT2D eigenvalue weighted by Crippen LogP contribution is -2.16. The number of carbonyl (C=O) groups excluding carboxylic acids is 1. The van der Waals surface area contributed by atoms with Crippen molar-refractivity contribution in [1.82, 2.24) is 14.5 Å². The molecule has 0 saturated heterocycles. The Labute approximate surface area is 170 Å². The normalized spacial score (nSPS) is 14.8. The summed E-state index contributed by atoms with van der Waals surface area (Å²) in [6.07, 6.45) is 8.67. The Bertz CT molecular complexity index is 1150. The van der Waals surface area contributed by atoms with Gasteiger partial charge in [0, 0.05) is 24.7 Å². The van der Waals surface area contributed by atoms with Crippen LogP contribution in [0.4, 0.5) is 5.95 Å². The summed E-state index contributed by atoms with van der Waals surface area (Å²) in [6.45, 7) is 0.625. The van der Waals surface area contributed by atoms with Crippen molar-refractivity contribution < 1.29 is 4.79 Å². The Balaban J connectivity index is 1.38. The molecule has 0 radical (unpaired) electrons. The number of nitrogens with one attached hydrogen (secondary N) is 2. The van der Waals surface area contributed by atoms with Gasteiger partial charge in [0.05, 0.1) is 11.0 Å². The van der Waals surface area contributed by atoms with E-state index in [1.54, 1.807) is 4.57 Å². The van der Waals surface area contributed by atoms with Crippen LogP contribution in [0.3, 0.4) is 0 Å². The number of para-hydroxylation sites is 2. The predicted molar refractivity (Wildman–Crippen MR) is 117 cm³/mol. The minimum Gasteiger partial charge on any atom is -0.361 e. The molecule has 2 aromatic carbocycles. The van der Waals surface area contributed by atoms with E-state index in [1.165, 1.54) is 31.1 Å². The van der Waals surface area contributed by atoms with Crippen molar-refractivity contribution in [3.8, 4) is 0 Å². The van der Waals surface area contributed by atoms with E-state index in [0.717, 1.165) is 28.5 Å². The number of rotatable bonds is 6. The largest absolute Gasteiger partial charge is 0.361 e. The first-order valence-corrected chi connectivity index (χ1v) is 10.6. The monoisotopic (exact) mass is 386 g/mol. The van der Waals surface area contributed by atoms with Crippen LogP contribution < -0.4 is 5.32 Å². The number of aromatic nitrogens is 3. The molecule has 2 aromatic heterocycles. The van der Waals surface area contributed by atoms with Crippen LogP contribution in [0.2, 0.25) is 0 Å². The average molecular weight is 386 g/mol. The van der Waals surface area contributed by atoms with E-state index in [9.17, 15) is 4.79 Å². The van der Waals surface area contributed by atoms with E-state index in [0.29, 0.717) is 24.8 Å². The van der Waals surface area contributed by atoms with Gasteiger partial charge in [-0.15, -0.1) is 0 Å². The molecule has 2 N–H and O–H groups in total. The molecule has 5 rings (SSSR count). The number of anilines is 1. The number of nitrogens with zero attached hydrogens (tertiary/aromatic N) is 2. The molecule has 29 heavy (non-hydrogen) atoms. The highest BCUT2D eigenvalue weighted by Crippen LogP contribution is 2.29. The van der Waals surface area contributed by atoms with Crippen molar-refractivity contribution in [3.05, 3.63) is 60.3 Å². The molecule has 5 nitrogen and oxygen atoms in total. The Morgan fingerprint density at radius 1 is 1.14 bits per heavy atom. The fourth-order valence-electron chi connectivity index (χ4n) is 4.53. The standard InChI is InChI=1S/C24H26N4O/c29-23(12-10-17-5-1-2-6-17)28-22-8-4-3-7-21(22)27-24(28)26-16-18-9-11-20-19(15-18)13-14-25-20/h3-4,7-9,11,13-15,17,25H,1-2,5-6,10,12,16H2,(H,26,27). The summed E-state index contributed by atoms with van der Waals surface area (Å²) in [6, 6.07) is 16.3. The van der Waals surface area contributed by atoms with E-state index in [1.807, 2.05) is 30.5 Å². The maximum Gasteiger partial charge on any atom is 0.233 e. The summed E-state index contributed by atoms with van der Waals surface area (Å²) in [5.74, 6) is 1.48. The van der Waals surface area contributed by atoms with Gasteiger partial charge in [-0.1, -0.05) is 43.9 Å². The number of carbonyl (C=O) groups is 1. The summed E-state index contributed by atoms with van der Waals surface area (Å²) >= 11 is 0. The van der Waals surface area contributed by atoms with Gasteiger partial charge >= 0.3 is 0 Å². The SMILES string of the molecule is O=C(CCC1CCCC1)n1c(NCc2ccc3[nH]ccc3c2)nc2ccccc21. The Morgan fingerprint density at radius 2 is 2.00 bits per heavy atom. The smallest absolute Gasteiger partial charge is 0.233 e. The molecule has 148 valence electrons. The second kappa shape index (κ2) is 7.74. The molecule has 5 heteroatoms. The van der Waals surface area contributed by atoms with Crippen LogP contribution in [0.1, 0.15) is 48.9 Å². The Hall–Kier alpha value is -3.08. The van der Waals surface area contributed by atoms with Crippen molar-refractivity contribution in [2.75, 3.05) is 5.32 Å². The highest BCUT2D eigenvalue weighted by molar-refractivity contribution is 5.93. The first-order chi connectivity index (χ1) is 14.3. The summed E-state index contributed by atoms with van der Waals surface area (Å²) in [7, 11) is 0. The summed E-state index contributed by atoms with van der Waals surface area (Å²) < 4.78 is 1.78. The van der Waals surface area contributed by atoms with Crippen LogP contribution in [0.15, 0.2) is 54.7 Å². The fraction of sp³-hybridized carbons (Fsp3) is 0.333. The van der Waals surface area contributed by atoms with Gasteiger partial charge in [-0.25, -0.2) is 9.55 Å². The average Bonchev–Trinajstić information content (AvgIpc) is 3.49. The van der Waals surface area contributed by atoms with Crippen LogP contribution in [0, 0.1) is 5.92 Å². The number of fused-ring (bicyclic) bond motifs is 2. The zero-order chi connectivity index (χ0) is 19.6. The minimum absolute atomic E-state index is 0.134. The molecule has 1 aliphatic rings. The molecular formula is C24H26N4O.